The molecule has 0 N–H and O–H groups in total. The molecule has 0 saturated heterocycles. The summed E-state index contributed by atoms with van der Waals surface area (Å²) in [5.74, 6) is -2.67. The molecule has 3 nitrogen and oxygen atoms in total. The standard InChI is InChI=1S/C25H26F2O3S/c1-18(2)24(28)30-15-7-13-25(26,27)12-6-14-29-21-11-10-20-16-22(31-23(20)17-21)19-8-4-3-5-9-19/h3-5,8-11,16-17H,1,6-7,12-15H2,2H3. The Hall–Kier alpha value is -2.73. The third-order valence-electron chi connectivity index (χ3n) is 4.77. The molecule has 0 fully saturated rings. The van der Waals surface area contributed by atoms with E-state index < -0.39 is 11.9 Å². The number of rotatable bonds is 11. The smallest absolute Gasteiger partial charge is 0.333 e. The summed E-state index contributed by atoms with van der Waals surface area (Å²) in [6.07, 6.45) is -0.220. The number of hydrogen-bond acceptors (Lipinski definition) is 4. The molecule has 0 amide bonds. The Balaban J connectivity index is 1.43. The molecule has 31 heavy (non-hydrogen) atoms. The van der Waals surface area contributed by atoms with Gasteiger partial charge >= 0.3 is 5.97 Å². The average molecular weight is 445 g/mol. The van der Waals surface area contributed by atoms with Gasteiger partial charge in [0, 0.05) is 28.0 Å². The Kier molecular flexibility index (Phi) is 7.80. The van der Waals surface area contributed by atoms with Crippen LogP contribution in [-0.2, 0) is 9.53 Å². The van der Waals surface area contributed by atoms with Gasteiger partial charge in [0.2, 0.25) is 5.92 Å². The van der Waals surface area contributed by atoms with Crippen LogP contribution in [0.2, 0.25) is 0 Å². The molecular weight excluding hydrogens is 418 g/mol. The third-order valence-corrected chi connectivity index (χ3v) is 5.92. The highest BCUT2D eigenvalue weighted by Gasteiger charge is 2.27. The summed E-state index contributed by atoms with van der Waals surface area (Å²) < 4.78 is 39.6. The molecule has 3 rings (SSSR count). The van der Waals surface area contributed by atoms with Crippen molar-refractivity contribution in [1.82, 2.24) is 0 Å². The van der Waals surface area contributed by atoms with Crippen molar-refractivity contribution in [3.8, 4) is 16.2 Å². The predicted molar refractivity (Wildman–Crippen MR) is 122 cm³/mol. The second-order valence-corrected chi connectivity index (χ2v) is 8.59. The highest BCUT2D eigenvalue weighted by molar-refractivity contribution is 7.22. The third kappa shape index (κ3) is 6.89. The molecule has 0 aliphatic heterocycles. The molecule has 164 valence electrons. The van der Waals surface area contributed by atoms with E-state index in [9.17, 15) is 13.6 Å². The van der Waals surface area contributed by atoms with Crippen molar-refractivity contribution < 1.29 is 23.0 Å². The van der Waals surface area contributed by atoms with Crippen molar-refractivity contribution in [3.63, 3.8) is 0 Å². The molecule has 0 radical (unpaired) electrons. The first kappa shape index (κ1) is 22.9. The van der Waals surface area contributed by atoms with E-state index in [1.165, 1.54) is 17.4 Å². The van der Waals surface area contributed by atoms with Gasteiger partial charge in [-0.15, -0.1) is 11.3 Å². The number of alkyl halides is 2. The molecular formula is C25H26F2O3S. The molecule has 3 aromatic rings. The second-order valence-electron chi connectivity index (χ2n) is 7.50. The van der Waals surface area contributed by atoms with Crippen LogP contribution in [0.3, 0.4) is 0 Å². The first-order valence-corrected chi connectivity index (χ1v) is 11.1. The minimum Gasteiger partial charge on any atom is -0.494 e. The molecule has 1 heterocycles. The Labute approximate surface area is 185 Å². The Morgan fingerprint density at radius 1 is 1.03 bits per heavy atom. The molecule has 0 atom stereocenters. The van der Waals surface area contributed by atoms with Gasteiger partial charge in [-0.25, -0.2) is 13.6 Å². The maximum atomic E-state index is 14.0. The summed E-state index contributed by atoms with van der Waals surface area (Å²) in [5, 5.41) is 1.13. The number of carbonyl (C=O) groups excluding carboxylic acids is 1. The lowest BCUT2D eigenvalue weighted by Crippen LogP contribution is -2.18. The summed E-state index contributed by atoms with van der Waals surface area (Å²) in [4.78, 5) is 12.4. The van der Waals surface area contributed by atoms with Crippen LogP contribution < -0.4 is 4.74 Å². The average Bonchev–Trinajstić information content (AvgIpc) is 3.18. The lowest BCUT2D eigenvalue weighted by Gasteiger charge is -2.16. The fourth-order valence-electron chi connectivity index (χ4n) is 3.11. The van der Waals surface area contributed by atoms with Crippen LogP contribution in [0.4, 0.5) is 8.78 Å². The van der Waals surface area contributed by atoms with E-state index in [1.54, 1.807) is 11.3 Å². The zero-order valence-electron chi connectivity index (χ0n) is 17.5. The fourth-order valence-corrected chi connectivity index (χ4v) is 4.21. The molecule has 0 aliphatic carbocycles. The maximum absolute atomic E-state index is 14.0. The number of esters is 1. The van der Waals surface area contributed by atoms with E-state index in [-0.39, 0.29) is 44.5 Å². The van der Waals surface area contributed by atoms with Gasteiger partial charge in [0.05, 0.1) is 13.2 Å². The minimum atomic E-state index is -2.80. The van der Waals surface area contributed by atoms with Crippen molar-refractivity contribution in [3.05, 3.63) is 66.7 Å². The van der Waals surface area contributed by atoms with Crippen LogP contribution in [-0.4, -0.2) is 25.1 Å². The van der Waals surface area contributed by atoms with Gasteiger partial charge in [-0.05, 0) is 55.0 Å². The fraction of sp³-hybridized carbons (Fsp3) is 0.320. The van der Waals surface area contributed by atoms with Crippen molar-refractivity contribution >= 4 is 27.4 Å². The maximum Gasteiger partial charge on any atom is 0.333 e. The number of hydrogen-bond donors (Lipinski definition) is 0. The Bertz CT molecular complexity index is 1030. The highest BCUT2D eigenvalue weighted by atomic mass is 32.1. The van der Waals surface area contributed by atoms with Crippen LogP contribution in [0.15, 0.2) is 66.7 Å². The topological polar surface area (TPSA) is 35.5 Å². The molecule has 0 unspecified atom stereocenters. The number of ether oxygens (including phenoxy) is 2. The number of halogens is 2. The van der Waals surface area contributed by atoms with Crippen molar-refractivity contribution in [2.24, 2.45) is 0 Å². The first-order valence-electron chi connectivity index (χ1n) is 10.3. The van der Waals surface area contributed by atoms with Crippen LogP contribution >= 0.6 is 11.3 Å². The summed E-state index contributed by atoms with van der Waals surface area (Å²) >= 11 is 1.68. The van der Waals surface area contributed by atoms with Crippen molar-refractivity contribution in [2.45, 2.75) is 38.5 Å². The number of carbonyl (C=O) groups is 1. The van der Waals surface area contributed by atoms with Crippen LogP contribution in [0, 0.1) is 0 Å². The van der Waals surface area contributed by atoms with Gasteiger partial charge in [-0.2, -0.15) is 0 Å². The highest BCUT2D eigenvalue weighted by Crippen LogP contribution is 2.35. The molecule has 0 aliphatic rings. The van der Waals surface area contributed by atoms with Crippen LogP contribution in [0.5, 0.6) is 5.75 Å². The summed E-state index contributed by atoms with van der Waals surface area (Å²) in [5.41, 5.74) is 1.43. The summed E-state index contributed by atoms with van der Waals surface area (Å²) in [6.45, 7) is 5.18. The lowest BCUT2D eigenvalue weighted by molar-refractivity contribution is -0.139. The normalized spacial score (nSPS) is 11.5. The van der Waals surface area contributed by atoms with E-state index >= 15 is 0 Å². The predicted octanol–water partition coefficient (Wildman–Crippen LogP) is 7.26. The Morgan fingerprint density at radius 2 is 1.74 bits per heavy atom. The van der Waals surface area contributed by atoms with Gasteiger partial charge in [-0.1, -0.05) is 36.9 Å². The zero-order chi connectivity index (χ0) is 22.3. The van der Waals surface area contributed by atoms with E-state index in [0.717, 1.165) is 10.1 Å². The van der Waals surface area contributed by atoms with Gasteiger partial charge in [0.25, 0.3) is 0 Å². The number of benzene rings is 2. The number of fused-ring (bicyclic) bond motifs is 1. The molecule has 6 heteroatoms. The van der Waals surface area contributed by atoms with Crippen molar-refractivity contribution in [2.75, 3.05) is 13.2 Å². The molecule has 0 saturated carbocycles. The summed E-state index contributed by atoms with van der Waals surface area (Å²) in [7, 11) is 0. The largest absolute Gasteiger partial charge is 0.494 e. The molecule has 1 aromatic heterocycles. The quantitative estimate of drug-likeness (QED) is 0.177. The van der Waals surface area contributed by atoms with Crippen molar-refractivity contribution in [1.29, 1.82) is 0 Å². The summed E-state index contributed by atoms with van der Waals surface area (Å²) in [6, 6.07) is 18.1. The minimum absolute atomic E-state index is 0.0242. The van der Waals surface area contributed by atoms with E-state index in [4.69, 9.17) is 9.47 Å². The molecule has 0 bridgehead atoms. The van der Waals surface area contributed by atoms with Crippen LogP contribution in [0.25, 0.3) is 20.5 Å². The zero-order valence-corrected chi connectivity index (χ0v) is 18.4. The lowest BCUT2D eigenvalue weighted by atomic mass is 10.1. The second kappa shape index (κ2) is 10.5. The monoisotopic (exact) mass is 444 g/mol. The molecule has 0 spiro atoms. The number of thiophene rings is 1. The first-order chi connectivity index (χ1) is 14.8. The van der Waals surface area contributed by atoms with Gasteiger partial charge < -0.3 is 9.47 Å². The van der Waals surface area contributed by atoms with E-state index in [1.807, 2.05) is 36.4 Å². The van der Waals surface area contributed by atoms with Gasteiger partial charge in [-0.3, -0.25) is 0 Å². The SMILES string of the molecule is C=C(C)C(=O)OCCCC(F)(F)CCCOc1ccc2cc(-c3ccccc3)sc2c1. The van der Waals surface area contributed by atoms with Gasteiger partial charge in [0.15, 0.2) is 0 Å². The van der Waals surface area contributed by atoms with Crippen LogP contribution in [0.1, 0.15) is 32.6 Å². The van der Waals surface area contributed by atoms with E-state index in [2.05, 4.69) is 24.8 Å². The Morgan fingerprint density at radius 3 is 2.45 bits per heavy atom. The van der Waals surface area contributed by atoms with E-state index in [0.29, 0.717) is 5.75 Å². The van der Waals surface area contributed by atoms with Gasteiger partial charge in [0.1, 0.15) is 5.75 Å². The molecule has 2 aromatic carbocycles.